The van der Waals surface area contributed by atoms with E-state index in [4.69, 9.17) is 4.42 Å². The lowest BCUT2D eigenvalue weighted by molar-refractivity contribution is 0.495. The molecule has 1 N–H and O–H groups in total. The van der Waals surface area contributed by atoms with Crippen molar-refractivity contribution in [3.05, 3.63) is 53.5 Å². The Hall–Kier alpha value is -1.74. The van der Waals surface area contributed by atoms with E-state index in [1.54, 1.807) is 0 Å². The Labute approximate surface area is 126 Å². The number of fused-ring (bicyclic) bond motifs is 1. The third kappa shape index (κ3) is 2.98. The molecule has 0 spiro atoms. The summed E-state index contributed by atoms with van der Waals surface area (Å²) in [5, 5.41) is 3.53. The summed E-state index contributed by atoms with van der Waals surface area (Å²) in [6.45, 7) is 2.93. The molecule has 2 aromatic rings. The molecule has 1 fully saturated rings. The number of para-hydroxylation sites is 1. The third-order valence-corrected chi connectivity index (χ3v) is 4.43. The maximum absolute atomic E-state index is 5.75. The van der Waals surface area contributed by atoms with Crippen molar-refractivity contribution >= 4 is 5.69 Å². The molecule has 0 unspecified atom stereocenters. The van der Waals surface area contributed by atoms with Gasteiger partial charge in [-0.2, -0.15) is 0 Å². The fourth-order valence-corrected chi connectivity index (χ4v) is 3.12. The van der Waals surface area contributed by atoms with Crippen LogP contribution in [0, 0.1) is 0 Å². The van der Waals surface area contributed by atoms with Crippen LogP contribution in [0.1, 0.15) is 36.1 Å². The van der Waals surface area contributed by atoms with E-state index in [9.17, 15) is 0 Å². The average Bonchev–Trinajstić information content (AvgIpc) is 3.25. The Kier molecular flexibility index (Phi) is 3.44. The van der Waals surface area contributed by atoms with Crippen LogP contribution in [0.2, 0.25) is 0 Å². The Morgan fingerprint density at radius 1 is 1.24 bits per heavy atom. The normalized spacial score (nSPS) is 17.8. The Morgan fingerprint density at radius 3 is 3.05 bits per heavy atom. The molecule has 0 atom stereocenters. The molecule has 0 amide bonds. The van der Waals surface area contributed by atoms with Crippen LogP contribution in [-0.2, 0) is 19.5 Å². The van der Waals surface area contributed by atoms with Gasteiger partial charge in [-0.3, -0.25) is 0 Å². The number of aryl methyl sites for hydroxylation is 1. The van der Waals surface area contributed by atoms with Crippen molar-refractivity contribution in [3.8, 4) is 0 Å². The number of hydrogen-bond donors (Lipinski definition) is 1. The van der Waals surface area contributed by atoms with E-state index >= 15 is 0 Å². The number of rotatable bonds is 5. The number of benzene rings is 1. The van der Waals surface area contributed by atoms with Crippen LogP contribution in [0.4, 0.5) is 5.69 Å². The molecule has 3 nitrogen and oxygen atoms in total. The summed E-state index contributed by atoms with van der Waals surface area (Å²) in [7, 11) is 0. The lowest BCUT2D eigenvalue weighted by atomic mass is 10.0. The van der Waals surface area contributed by atoms with Crippen molar-refractivity contribution in [2.75, 3.05) is 11.4 Å². The predicted octanol–water partition coefficient (Wildman–Crippen LogP) is 3.48. The summed E-state index contributed by atoms with van der Waals surface area (Å²) >= 11 is 0. The highest BCUT2D eigenvalue weighted by molar-refractivity contribution is 5.55. The molecule has 2 aliphatic rings. The lowest BCUT2D eigenvalue weighted by Crippen LogP contribution is -2.28. The van der Waals surface area contributed by atoms with Crippen LogP contribution in [0.3, 0.4) is 0 Å². The summed E-state index contributed by atoms with van der Waals surface area (Å²) in [5.41, 5.74) is 4.10. The minimum Gasteiger partial charge on any atom is -0.467 e. The molecule has 1 aliphatic heterocycles. The van der Waals surface area contributed by atoms with Crippen LogP contribution >= 0.6 is 0 Å². The van der Waals surface area contributed by atoms with Crippen molar-refractivity contribution < 1.29 is 4.42 Å². The highest BCUT2D eigenvalue weighted by Crippen LogP contribution is 2.28. The fraction of sp³-hybridized carbons (Fsp3) is 0.444. The maximum atomic E-state index is 5.75. The standard InChI is InChI=1S/C18H22N2O/c1-2-6-18-15(4-1)5-3-9-20(18)12-17-10-14(13-21-17)11-19-16-7-8-16/h1-2,4,6,10,13,16,19H,3,5,7-9,11-12H2. The number of furan rings is 1. The summed E-state index contributed by atoms with van der Waals surface area (Å²) in [4.78, 5) is 2.44. The zero-order valence-electron chi connectivity index (χ0n) is 12.3. The third-order valence-electron chi connectivity index (χ3n) is 4.43. The van der Waals surface area contributed by atoms with Crippen LogP contribution in [0.5, 0.6) is 0 Å². The van der Waals surface area contributed by atoms with Gasteiger partial charge in [-0.15, -0.1) is 0 Å². The number of nitrogens with zero attached hydrogens (tertiary/aromatic N) is 1. The van der Waals surface area contributed by atoms with Crippen LogP contribution in [0.15, 0.2) is 41.0 Å². The lowest BCUT2D eigenvalue weighted by Gasteiger charge is -2.30. The first kappa shape index (κ1) is 13.0. The zero-order chi connectivity index (χ0) is 14.1. The second kappa shape index (κ2) is 5.57. The molecule has 0 saturated heterocycles. The molecule has 1 aromatic heterocycles. The summed E-state index contributed by atoms with van der Waals surface area (Å²) in [6, 6.07) is 11.7. The first-order chi connectivity index (χ1) is 10.4. The van der Waals surface area contributed by atoms with Gasteiger partial charge in [0, 0.05) is 30.4 Å². The van der Waals surface area contributed by atoms with Crippen LogP contribution in [-0.4, -0.2) is 12.6 Å². The largest absolute Gasteiger partial charge is 0.467 e. The van der Waals surface area contributed by atoms with Crippen molar-refractivity contribution in [1.82, 2.24) is 5.32 Å². The quantitative estimate of drug-likeness (QED) is 0.910. The van der Waals surface area contributed by atoms with Crippen molar-refractivity contribution in [1.29, 1.82) is 0 Å². The van der Waals surface area contributed by atoms with Gasteiger partial charge in [-0.25, -0.2) is 0 Å². The molecule has 4 rings (SSSR count). The minimum atomic E-state index is 0.748. The van der Waals surface area contributed by atoms with E-state index in [1.165, 1.54) is 42.5 Å². The van der Waals surface area contributed by atoms with E-state index in [0.29, 0.717) is 0 Å². The average molecular weight is 282 g/mol. The van der Waals surface area contributed by atoms with Gasteiger partial charge in [0.1, 0.15) is 5.76 Å². The van der Waals surface area contributed by atoms with Gasteiger partial charge in [0.15, 0.2) is 0 Å². The van der Waals surface area contributed by atoms with Crippen molar-refractivity contribution in [3.63, 3.8) is 0 Å². The summed E-state index contributed by atoms with van der Waals surface area (Å²) < 4.78 is 5.75. The number of hydrogen-bond acceptors (Lipinski definition) is 3. The molecule has 0 bridgehead atoms. The molecule has 0 radical (unpaired) electrons. The van der Waals surface area contributed by atoms with Gasteiger partial charge in [-0.1, -0.05) is 18.2 Å². The first-order valence-electron chi connectivity index (χ1n) is 8.01. The van der Waals surface area contributed by atoms with Gasteiger partial charge >= 0.3 is 0 Å². The molecule has 1 aliphatic carbocycles. The smallest absolute Gasteiger partial charge is 0.123 e. The highest BCUT2D eigenvalue weighted by Gasteiger charge is 2.21. The van der Waals surface area contributed by atoms with E-state index < -0.39 is 0 Å². The molecule has 2 heterocycles. The SMILES string of the molecule is c1ccc2c(c1)CCCN2Cc1cc(CNC2CC2)co1. The second-order valence-electron chi connectivity index (χ2n) is 6.23. The molecule has 1 aromatic carbocycles. The van der Waals surface area contributed by atoms with E-state index in [-0.39, 0.29) is 0 Å². The molecular weight excluding hydrogens is 260 g/mol. The topological polar surface area (TPSA) is 28.4 Å². The molecule has 21 heavy (non-hydrogen) atoms. The number of nitrogens with one attached hydrogen (secondary N) is 1. The van der Waals surface area contributed by atoms with Gasteiger partial charge in [0.25, 0.3) is 0 Å². The highest BCUT2D eigenvalue weighted by atomic mass is 16.3. The minimum absolute atomic E-state index is 0.748. The monoisotopic (exact) mass is 282 g/mol. The summed E-state index contributed by atoms with van der Waals surface area (Å²) in [6.07, 6.45) is 6.99. The van der Waals surface area contributed by atoms with E-state index in [2.05, 4.69) is 40.5 Å². The predicted molar refractivity (Wildman–Crippen MR) is 84.4 cm³/mol. The van der Waals surface area contributed by atoms with E-state index in [1.807, 2.05) is 6.26 Å². The van der Waals surface area contributed by atoms with Crippen LogP contribution < -0.4 is 10.2 Å². The van der Waals surface area contributed by atoms with Crippen LogP contribution in [0.25, 0.3) is 0 Å². The van der Waals surface area contributed by atoms with Gasteiger partial charge < -0.3 is 14.6 Å². The van der Waals surface area contributed by atoms with Gasteiger partial charge in [0.2, 0.25) is 0 Å². The first-order valence-corrected chi connectivity index (χ1v) is 8.01. The second-order valence-corrected chi connectivity index (χ2v) is 6.23. The fourth-order valence-electron chi connectivity index (χ4n) is 3.12. The van der Waals surface area contributed by atoms with Gasteiger partial charge in [-0.05, 0) is 43.4 Å². The van der Waals surface area contributed by atoms with E-state index in [0.717, 1.165) is 31.4 Å². The Bertz CT molecular complexity index is 615. The number of anilines is 1. The molecule has 110 valence electrons. The Balaban J connectivity index is 1.44. The Morgan fingerprint density at radius 2 is 2.14 bits per heavy atom. The summed E-state index contributed by atoms with van der Waals surface area (Å²) in [5.74, 6) is 1.07. The maximum Gasteiger partial charge on any atom is 0.123 e. The van der Waals surface area contributed by atoms with Crippen molar-refractivity contribution in [2.45, 2.75) is 44.8 Å². The molecular formula is C18H22N2O. The van der Waals surface area contributed by atoms with Crippen molar-refractivity contribution in [2.24, 2.45) is 0 Å². The molecule has 1 saturated carbocycles. The zero-order valence-corrected chi connectivity index (χ0v) is 12.3. The van der Waals surface area contributed by atoms with Gasteiger partial charge in [0.05, 0.1) is 12.8 Å². The molecule has 3 heteroatoms.